The first kappa shape index (κ1) is 12.2. The van der Waals surface area contributed by atoms with Gasteiger partial charge in [-0.2, -0.15) is 0 Å². The van der Waals surface area contributed by atoms with Crippen molar-refractivity contribution in [2.24, 2.45) is 0 Å². The Hall–Kier alpha value is -2.28. The molecular weight excluding hydrogens is 228 g/mol. The molecule has 2 unspecified atom stereocenters. The number of rotatable bonds is 2. The molecule has 92 valence electrons. The topological polar surface area (TPSA) is 49.4 Å². The summed E-state index contributed by atoms with van der Waals surface area (Å²) in [5.74, 6) is 2.13. The van der Waals surface area contributed by atoms with Crippen molar-refractivity contribution in [2.45, 2.75) is 19.0 Å². The van der Waals surface area contributed by atoms with Gasteiger partial charge in [-0.3, -0.25) is 9.59 Å². The third-order valence-electron chi connectivity index (χ3n) is 2.99. The van der Waals surface area contributed by atoms with Gasteiger partial charge in [-0.15, -0.1) is 6.42 Å². The van der Waals surface area contributed by atoms with Crippen molar-refractivity contribution < 1.29 is 9.59 Å². The predicted molar refractivity (Wildman–Crippen MR) is 67.3 cm³/mol. The molecule has 4 nitrogen and oxygen atoms in total. The largest absolute Gasteiger partial charge is 0.339 e. The first-order valence-electron chi connectivity index (χ1n) is 5.74. The molecule has 1 fully saturated rings. The smallest absolute Gasteiger partial charge is 0.251 e. The van der Waals surface area contributed by atoms with E-state index in [1.54, 1.807) is 6.92 Å². The standard InChI is InChI=1S/C14H14N2O2/c1-3-10(2)16-9-12(17)15-13(14(16)18)11-7-5-4-6-8-11/h1,4-8,10,13H,9H2,2H3,(H,15,17). The van der Waals surface area contributed by atoms with E-state index in [-0.39, 0.29) is 24.4 Å². The fourth-order valence-corrected chi connectivity index (χ4v) is 1.96. The molecular formula is C14H14N2O2. The van der Waals surface area contributed by atoms with E-state index in [1.165, 1.54) is 4.90 Å². The number of terminal acetylenes is 1. The van der Waals surface area contributed by atoms with Crippen molar-refractivity contribution in [1.82, 2.24) is 10.2 Å². The lowest BCUT2D eigenvalue weighted by Crippen LogP contribution is -2.55. The number of carbonyl (C=O) groups is 2. The second kappa shape index (κ2) is 4.92. The summed E-state index contributed by atoms with van der Waals surface area (Å²) in [5, 5.41) is 2.69. The SMILES string of the molecule is C#CC(C)N1CC(=O)NC(c2ccccc2)C1=O. The van der Waals surface area contributed by atoms with Crippen LogP contribution in [0.3, 0.4) is 0 Å². The van der Waals surface area contributed by atoms with Crippen LogP contribution in [0.1, 0.15) is 18.5 Å². The summed E-state index contributed by atoms with van der Waals surface area (Å²) in [4.78, 5) is 25.4. The normalized spacial score (nSPS) is 21.1. The van der Waals surface area contributed by atoms with Crippen LogP contribution in [0.5, 0.6) is 0 Å². The highest BCUT2D eigenvalue weighted by Gasteiger charge is 2.35. The fraction of sp³-hybridized carbons (Fsp3) is 0.286. The molecule has 0 aromatic heterocycles. The van der Waals surface area contributed by atoms with Gasteiger partial charge in [0.25, 0.3) is 5.91 Å². The Kier molecular flexibility index (Phi) is 3.33. The van der Waals surface area contributed by atoms with Crippen molar-refractivity contribution in [3.05, 3.63) is 35.9 Å². The molecule has 0 radical (unpaired) electrons. The molecule has 0 saturated carbocycles. The first-order valence-corrected chi connectivity index (χ1v) is 5.74. The second-order valence-corrected chi connectivity index (χ2v) is 4.22. The molecule has 1 aromatic rings. The second-order valence-electron chi connectivity index (χ2n) is 4.22. The molecule has 1 saturated heterocycles. The van der Waals surface area contributed by atoms with Crippen LogP contribution in [-0.4, -0.2) is 29.3 Å². The molecule has 1 heterocycles. The van der Waals surface area contributed by atoms with Gasteiger partial charge in [0.15, 0.2) is 0 Å². The summed E-state index contributed by atoms with van der Waals surface area (Å²) in [6.45, 7) is 1.76. The molecule has 1 aliphatic rings. The van der Waals surface area contributed by atoms with E-state index < -0.39 is 6.04 Å². The maximum Gasteiger partial charge on any atom is 0.251 e. The Balaban J connectivity index is 2.29. The third kappa shape index (κ3) is 2.21. The Morgan fingerprint density at radius 2 is 2.06 bits per heavy atom. The zero-order chi connectivity index (χ0) is 13.1. The number of carbonyl (C=O) groups excluding carboxylic acids is 2. The van der Waals surface area contributed by atoms with Crippen LogP contribution >= 0.6 is 0 Å². The molecule has 1 aromatic carbocycles. The number of hydrogen-bond acceptors (Lipinski definition) is 2. The van der Waals surface area contributed by atoms with Gasteiger partial charge in [0.1, 0.15) is 12.6 Å². The average Bonchev–Trinajstić information content (AvgIpc) is 2.41. The minimum absolute atomic E-state index is 0.0214. The van der Waals surface area contributed by atoms with E-state index in [4.69, 9.17) is 6.42 Å². The predicted octanol–water partition coefficient (Wildman–Crippen LogP) is 0.708. The Bertz CT molecular complexity index is 504. The molecule has 4 heteroatoms. The van der Waals surface area contributed by atoms with Gasteiger partial charge in [-0.25, -0.2) is 0 Å². The molecule has 2 amide bonds. The van der Waals surface area contributed by atoms with Crippen molar-refractivity contribution in [3.8, 4) is 12.3 Å². The molecule has 0 spiro atoms. The highest BCUT2D eigenvalue weighted by molar-refractivity contribution is 5.95. The summed E-state index contributed by atoms with van der Waals surface area (Å²) in [7, 11) is 0. The van der Waals surface area contributed by atoms with Crippen LogP contribution in [0.2, 0.25) is 0 Å². The maximum absolute atomic E-state index is 12.3. The summed E-state index contributed by atoms with van der Waals surface area (Å²) in [6, 6.07) is 8.13. The third-order valence-corrected chi connectivity index (χ3v) is 2.99. The summed E-state index contributed by atoms with van der Waals surface area (Å²) in [5.41, 5.74) is 0.768. The lowest BCUT2D eigenvalue weighted by molar-refractivity contribution is -0.145. The van der Waals surface area contributed by atoms with Gasteiger partial charge in [0.2, 0.25) is 5.91 Å². The number of nitrogens with zero attached hydrogens (tertiary/aromatic N) is 1. The quantitative estimate of drug-likeness (QED) is 0.776. The molecule has 1 N–H and O–H groups in total. The van der Waals surface area contributed by atoms with Crippen LogP contribution in [0.15, 0.2) is 30.3 Å². The molecule has 2 rings (SSSR count). The van der Waals surface area contributed by atoms with Gasteiger partial charge in [0.05, 0.1) is 6.04 Å². The fourth-order valence-electron chi connectivity index (χ4n) is 1.96. The van der Waals surface area contributed by atoms with Crippen LogP contribution < -0.4 is 5.32 Å². The Morgan fingerprint density at radius 3 is 2.67 bits per heavy atom. The lowest BCUT2D eigenvalue weighted by atomic mass is 10.0. The van der Waals surface area contributed by atoms with Crippen molar-refractivity contribution in [2.75, 3.05) is 6.54 Å². The van der Waals surface area contributed by atoms with Crippen LogP contribution in [0, 0.1) is 12.3 Å². The molecule has 2 atom stereocenters. The van der Waals surface area contributed by atoms with Crippen LogP contribution in [0.25, 0.3) is 0 Å². The van der Waals surface area contributed by atoms with E-state index in [1.807, 2.05) is 30.3 Å². The van der Waals surface area contributed by atoms with Gasteiger partial charge in [0, 0.05) is 0 Å². The Morgan fingerprint density at radius 1 is 1.39 bits per heavy atom. The minimum atomic E-state index is -0.636. The highest BCUT2D eigenvalue weighted by atomic mass is 16.2. The number of nitrogens with one attached hydrogen (secondary N) is 1. The van der Waals surface area contributed by atoms with Gasteiger partial charge in [-0.1, -0.05) is 36.3 Å². The van der Waals surface area contributed by atoms with E-state index >= 15 is 0 Å². The lowest BCUT2D eigenvalue weighted by Gasteiger charge is -2.34. The number of piperazine rings is 1. The highest BCUT2D eigenvalue weighted by Crippen LogP contribution is 2.20. The molecule has 0 bridgehead atoms. The van der Waals surface area contributed by atoms with Crippen molar-refractivity contribution >= 4 is 11.8 Å². The van der Waals surface area contributed by atoms with Gasteiger partial charge < -0.3 is 10.2 Å². The number of hydrogen-bond donors (Lipinski definition) is 1. The number of benzene rings is 1. The van der Waals surface area contributed by atoms with E-state index in [0.717, 1.165) is 5.56 Å². The monoisotopic (exact) mass is 242 g/mol. The van der Waals surface area contributed by atoms with Crippen LogP contribution in [0.4, 0.5) is 0 Å². The zero-order valence-electron chi connectivity index (χ0n) is 10.1. The van der Waals surface area contributed by atoms with Crippen molar-refractivity contribution in [1.29, 1.82) is 0 Å². The van der Waals surface area contributed by atoms with E-state index in [9.17, 15) is 9.59 Å². The average molecular weight is 242 g/mol. The minimum Gasteiger partial charge on any atom is -0.339 e. The van der Waals surface area contributed by atoms with Gasteiger partial charge >= 0.3 is 0 Å². The maximum atomic E-state index is 12.3. The molecule has 18 heavy (non-hydrogen) atoms. The van der Waals surface area contributed by atoms with Gasteiger partial charge in [-0.05, 0) is 12.5 Å². The zero-order valence-corrected chi connectivity index (χ0v) is 10.1. The summed E-state index contributed by atoms with van der Waals surface area (Å²) in [6.07, 6.45) is 5.32. The van der Waals surface area contributed by atoms with Crippen LogP contribution in [-0.2, 0) is 9.59 Å². The summed E-state index contributed by atoms with van der Waals surface area (Å²) < 4.78 is 0. The molecule has 1 aliphatic heterocycles. The molecule has 0 aliphatic carbocycles. The number of amides is 2. The van der Waals surface area contributed by atoms with E-state index in [0.29, 0.717) is 0 Å². The Labute approximate surface area is 106 Å². The van der Waals surface area contributed by atoms with Crippen molar-refractivity contribution in [3.63, 3.8) is 0 Å². The van der Waals surface area contributed by atoms with E-state index in [2.05, 4.69) is 11.2 Å². The summed E-state index contributed by atoms with van der Waals surface area (Å²) >= 11 is 0. The first-order chi connectivity index (χ1) is 8.63.